The fraction of sp³-hybridized carbons (Fsp3) is 0.348. The molecular weight excluding hydrogens is 483 g/mol. The van der Waals surface area contributed by atoms with Crippen molar-refractivity contribution < 1.29 is 27.8 Å². The van der Waals surface area contributed by atoms with Crippen LogP contribution in [0, 0.1) is 0 Å². The minimum atomic E-state index is -4.77. The molecule has 2 aromatic carbocycles. The fourth-order valence-electron chi connectivity index (χ4n) is 4.06. The normalized spacial score (nSPS) is 16.3. The highest BCUT2D eigenvalue weighted by Gasteiger charge is 2.31. The summed E-state index contributed by atoms with van der Waals surface area (Å²) in [7, 11) is 2.03. The predicted molar refractivity (Wildman–Crippen MR) is 129 cm³/mol. The van der Waals surface area contributed by atoms with Gasteiger partial charge in [-0.1, -0.05) is 25.2 Å². The molecule has 8 nitrogen and oxygen atoms in total. The van der Waals surface area contributed by atoms with Gasteiger partial charge in [0.15, 0.2) is 5.13 Å². The summed E-state index contributed by atoms with van der Waals surface area (Å²) < 4.78 is 44.2. The molecular formula is C23H24F3N5O3S. The average Bonchev–Trinajstić information content (AvgIpc) is 3.49. The first kappa shape index (κ1) is 24.7. The zero-order valence-electron chi connectivity index (χ0n) is 19.3. The maximum atomic E-state index is 12.5. The van der Waals surface area contributed by atoms with Crippen molar-refractivity contribution in [2.75, 3.05) is 25.5 Å². The number of thiazole rings is 1. The third-order valence-corrected chi connectivity index (χ3v) is 6.41. The minimum Gasteiger partial charge on any atom is -0.478 e. The summed E-state index contributed by atoms with van der Waals surface area (Å²) in [6, 6.07) is 8.91. The number of carboxylic acids is 1. The van der Waals surface area contributed by atoms with Gasteiger partial charge in [0.1, 0.15) is 5.75 Å². The molecule has 1 atom stereocenters. The van der Waals surface area contributed by atoms with Gasteiger partial charge < -0.3 is 24.6 Å². The summed E-state index contributed by atoms with van der Waals surface area (Å²) in [6.07, 6.45) is -3.87. The number of alkyl halides is 3. The number of rotatable bonds is 5. The van der Waals surface area contributed by atoms with Gasteiger partial charge in [0.05, 0.1) is 32.9 Å². The molecule has 0 bridgehead atoms. The van der Waals surface area contributed by atoms with Crippen LogP contribution < -0.4 is 10.1 Å². The largest absolute Gasteiger partial charge is 0.573 e. The smallest absolute Gasteiger partial charge is 0.478 e. The third-order valence-electron chi connectivity index (χ3n) is 5.48. The van der Waals surface area contributed by atoms with Crippen LogP contribution in [0.2, 0.25) is 0 Å². The number of hydrogen-bond acceptors (Lipinski definition) is 7. The van der Waals surface area contributed by atoms with E-state index < -0.39 is 12.3 Å². The lowest BCUT2D eigenvalue weighted by Gasteiger charge is -2.17. The Balaban J connectivity index is 0.00000141. The van der Waals surface area contributed by atoms with E-state index in [1.807, 2.05) is 25.5 Å². The van der Waals surface area contributed by atoms with Gasteiger partial charge in [-0.25, -0.2) is 14.8 Å². The first-order valence-corrected chi connectivity index (χ1v) is 11.8. The topological polar surface area (TPSA) is 92.5 Å². The van der Waals surface area contributed by atoms with E-state index in [0.717, 1.165) is 25.0 Å². The van der Waals surface area contributed by atoms with Crippen LogP contribution in [-0.4, -0.2) is 57.0 Å². The molecule has 1 aliphatic heterocycles. The predicted octanol–water partition coefficient (Wildman–Crippen LogP) is 5.89. The number of benzene rings is 2. The van der Waals surface area contributed by atoms with Gasteiger partial charge in [0.25, 0.3) is 0 Å². The molecule has 1 unspecified atom stereocenters. The highest BCUT2D eigenvalue weighted by molar-refractivity contribution is 7.22. The number of imidazole rings is 1. The van der Waals surface area contributed by atoms with E-state index in [9.17, 15) is 23.1 Å². The molecule has 0 saturated carbocycles. The molecule has 2 aromatic heterocycles. The lowest BCUT2D eigenvalue weighted by Crippen LogP contribution is -2.17. The zero-order valence-corrected chi connectivity index (χ0v) is 20.1. The van der Waals surface area contributed by atoms with E-state index in [-0.39, 0.29) is 17.4 Å². The number of likely N-dealkylation sites (tertiary alicyclic amines) is 1. The Morgan fingerprint density at radius 3 is 2.60 bits per heavy atom. The van der Waals surface area contributed by atoms with Gasteiger partial charge in [-0.15, -0.1) is 13.2 Å². The number of fused-ring (bicyclic) bond motifs is 2. The molecule has 12 heteroatoms. The van der Waals surface area contributed by atoms with Crippen molar-refractivity contribution in [1.82, 2.24) is 19.4 Å². The lowest BCUT2D eigenvalue weighted by atomic mass is 10.2. The van der Waals surface area contributed by atoms with E-state index in [0.29, 0.717) is 26.8 Å². The maximum Gasteiger partial charge on any atom is 0.573 e. The molecule has 0 amide bonds. The van der Waals surface area contributed by atoms with Crippen molar-refractivity contribution in [2.45, 2.75) is 32.7 Å². The van der Waals surface area contributed by atoms with Crippen molar-refractivity contribution in [3.8, 4) is 5.75 Å². The maximum absolute atomic E-state index is 12.5. The SMILES string of the molecule is CC.CN1CCC(n2c(Nc3nc4ccc(OC(F)(F)F)cc4s3)nc3cc(C(=O)O)ccc32)C1. The summed E-state index contributed by atoms with van der Waals surface area (Å²) in [5, 5.41) is 13.0. The van der Waals surface area contributed by atoms with Crippen LogP contribution in [0.25, 0.3) is 21.3 Å². The van der Waals surface area contributed by atoms with Crippen molar-refractivity contribution in [2.24, 2.45) is 0 Å². The van der Waals surface area contributed by atoms with Crippen LogP contribution in [0.5, 0.6) is 5.75 Å². The molecule has 0 spiro atoms. The highest BCUT2D eigenvalue weighted by Crippen LogP contribution is 2.35. The number of nitrogens with zero attached hydrogens (tertiary/aromatic N) is 4. The van der Waals surface area contributed by atoms with Crippen LogP contribution in [-0.2, 0) is 0 Å². The molecule has 2 N–H and O–H groups in total. The summed E-state index contributed by atoms with van der Waals surface area (Å²) in [4.78, 5) is 22.7. The number of carboxylic acid groups (broad SMARTS) is 1. The number of anilines is 2. The lowest BCUT2D eigenvalue weighted by molar-refractivity contribution is -0.274. The van der Waals surface area contributed by atoms with Crippen LogP contribution >= 0.6 is 11.3 Å². The first-order valence-electron chi connectivity index (χ1n) is 11.0. The molecule has 0 aliphatic carbocycles. The summed E-state index contributed by atoms with van der Waals surface area (Å²) in [5.74, 6) is -0.851. The molecule has 35 heavy (non-hydrogen) atoms. The van der Waals surface area contributed by atoms with E-state index >= 15 is 0 Å². The molecule has 3 heterocycles. The van der Waals surface area contributed by atoms with Crippen molar-refractivity contribution in [1.29, 1.82) is 0 Å². The zero-order chi connectivity index (χ0) is 25.3. The van der Waals surface area contributed by atoms with Crippen LogP contribution in [0.1, 0.15) is 36.7 Å². The molecule has 4 aromatic rings. The van der Waals surface area contributed by atoms with Crippen molar-refractivity contribution >= 4 is 49.6 Å². The molecule has 0 radical (unpaired) electrons. The van der Waals surface area contributed by atoms with E-state index in [1.165, 1.54) is 35.6 Å². The monoisotopic (exact) mass is 507 g/mol. The summed E-state index contributed by atoms with van der Waals surface area (Å²) in [6.45, 7) is 5.72. The van der Waals surface area contributed by atoms with Gasteiger partial charge in [-0.05, 0) is 50.3 Å². The Labute approximate surface area is 203 Å². The van der Waals surface area contributed by atoms with E-state index in [2.05, 4.69) is 24.9 Å². The number of aromatic nitrogens is 3. The van der Waals surface area contributed by atoms with E-state index in [1.54, 1.807) is 12.1 Å². The van der Waals surface area contributed by atoms with Crippen LogP contribution in [0.15, 0.2) is 36.4 Å². The number of likely N-dealkylation sites (N-methyl/N-ethyl adjacent to an activating group) is 1. The Morgan fingerprint density at radius 2 is 1.94 bits per heavy atom. The summed E-state index contributed by atoms with van der Waals surface area (Å²) >= 11 is 1.17. The number of nitrogens with one attached hydrogen (secondary N) is 1. The second kappa shape index (κ2) is 9.70. The Kier molecular flexibility index (Phi) is 6.86. The summed E-state index contributed by atoms with van der Waals surface area (Å²) in [5.41, 5.74) is 1.99. The number of carbonyl (C=O) groups is 1. The number of hydrogen-bond donors (Lipinski definition) is 2. The molecule has 1 saturated heterocycles. The second-order valence-electron chi connectivity index (χ2n) is 7.84. The van der Waals surface area contributed by atoms with Crippen molar-refractivity contribution in [3.63, 3.8) is 0 Å². The Morgan fingerprint density at radius 1 is 1.17 bits per heavy atom. The fourth-order valence-corrected chi connectivity index (χ4v) is 4.95. The van der Waals surface area contributed by atoms with Gasteiger partial charge in [-0.3, -0.25) is 0 Å². The molecule has 5 rings (SSSR count). The van der Waals surface area contributed by atoms with Crippen LogP contribution in [0.4, 0.5) is 24.3 Å². The standard InChI is InChI=1S/C21H18F3N5O3S.C2H6/c1-28-7-6-12(10-28)29-16-5-2-11(18(30)31)8-15(16)25-19(29)27-20-26-14-4-3-13(9-17(14)33-20)32-21(22,23)24;1-2/h2-5,8-9,12H,6-7,10H2,1H3,(H,30,31)(H,25,26,27);1-2H3. The highest BCUT2D eigenvalue weighted by atomic mass is 32.1. The second-order valence-corrected chi connectivity index (χ2v) is 8.87. The van der Waals surface area contributed by atoms with Gasteiger partial charge >= 0.3 is 12.3 Å². The van der Waals surface area contributed by atoms with Gasteiger partial charge in [-0.2, -0.15) is 0 Å². The Hall–Kier alpha value is -3.38. The molecule has 1 aliphatic rings. The van der Waals surface area contributed by atoms with Crippen molar-refractivity contribution in [3.05, 3.63) is 42.0 Å². The van der Waals surface area contributed by atoms with Gasteiger partial charge in [0.2, 0.25) is 5.95 Å². The first-order chi connectivity index (χ1) is 16.7. The number of aromatic carboxylic acids is 1. The quantitative estimate of drug-likeness (QED) is 0.348. The number of ether oxygens (including phenoxy) is 1. The Bertz CT molecular complexity index is 1370. The van der Waals surface area contributed by atoms with Gasteiger partial charge in [0, 0.05) is 12.6 Å². The van der Waals surface area contributed by atoms with E-state index in [4.69, 9.17) is 0 Å². The molecule has 186 valence electrons. The number of halogens is 3. The third kappa shape index (κ3) is 5.33. The minimum absolute atomic E-state index is 0.124. The van der Waals surface area contributed by atoms with Crippen LogP contribution in [0.3, 0.4) is 0 Å². The average molecular weight is 508 g/mol. The molecule has 1 fully saturated rings.